The molecule has 0 aromatic rings. The van der Waals surface area contributed by atoms with Gasteiger partial charge in [0.25, 0.3) is 0 Å². The van der Waals surface area contributed by atoms with Crippen molar-refractivity contribution in [1.29, 1.82) is 0 Å². The van der Waals surface area contributed by atoms with Crippen LogP contribution >= 0.6 is 0 Å². The van der Waals surface area contributed by atoms with Crippen LogP contribution in [-0.2, 0) is 9.63 Å². The molecule has 6 nitrogen and oxygen atoms in total. The molecule has 0 aliphatic heterocycles. The Kier molecular flexibility index (Phi) is 4.89. The van der Waals surface area contributed by atoms with Gasteiger partial charge in [-0.25, -0.2) is 15.1 Å². The molecule has 1 aliphatic rings. The Labute approximate surface area is 87.9 Å². The molecule has 3 N–H and O–H groups in total. The monoisotopic (exact) mass is 216 g/mol. The predicted molar refractivity (Wildman–Crippen MR) is 52.1 cm³/mol. The van der Waals surface area contributed by atoms with Crippen LogP contribution in [0.5, 0.6) is 0 Å². The summed E-state index contributed by atoms with van der Waals surface area (Å²) in [5, 5.41) is 10.9. The Balaban J connectivity index is 2.00. The van der Waals surface area contributed by atoms with Gasteiger partial charge in [0.05, 0.1) is 0 Å². The molecule has 1 rings (SSSR count). The standard InChI is InChI=1S/C9H16N2O4/c12-8(13)6-15-11-9(14)10-5-7-3-1-2-4-7/h7H,1-6H2,(H,12,13)(H2,10,11,14). The van der Waals surface area contributed by atoms with Crippen LogP contribution in [0.2, 0.25) is 0 Å². The molecule has 0 saturated heterocycles. The van der Waals surface area contributed by atoms with Crippen molar-refractivity contribution < 1.29 is 19.5 Å². The number of nitrogens with one attached hydrogen (secondary N) is 2. The van der Waals surface area contributed by atoms with E-state index in [1.54, 1.807) is 0 Å². The fourth-order valence-corrected chi connectivity index (χ4v) is 1.65. The SMILES string of the molecule is O=C(O)CONC(=O)NCC1CCCC1. The molecule has 0 atom stereocenters. The summed E-state index contributed by atoms with van der Waals surface area (Å²) in [6.07, 6.45) is 4.75. The maximum Gasteiger partial charge on any atom is 0.338 e. The van der Waals surface area contributed by atoms with Gasteiger partial charge in [0.1, 0.15) is 0 Å². The van der Waals surface area contributed by atoms with Gasteiger partial charge in [-0.15, -0.1) is 0 Å². The summed E-state index contributed by atoms with van der Waals surface area (Å²) in [6, 6.07) is -0.483. The summed E-state index contributed by atoms with van der Waals surface area (Å²) in [6.45, 7) is 0.0963. The Morgan fingerprint density at radius 2 is 2.00 bits per heavy atom. The number of carboxylic acid groups (broad SMARTS) is 1. The lowest BCUT2D eigenvalue weighted by Gasteiger charge is -2.10. The minimum absolute atomic E-state index is 0.483. The molecule has 0 heterocycles. The Morgan fingerprint density at radius 3 is 2.60 bits per heavy atom. The van der Waals surface area contributed by atoms with Crippen molar-refractivity contribution in [3.63, 3.8) is 0 Å². The zero-order chi connectivity index (χ0) is 11.1. The fourth-order valence-electron chi connectivity index (χ4n) is 1.65. The number of hydrogen-bond acceptors (Lipinski definition) is 3. The van der Waals surface area contributed by atoms with Crippen LogP contribution in [0.25, 0.3) is 0 Å². The van der Waals surface area contributed by atoms with Gasteiger partial charge in [0.2, 0.25) is 0 Å². The van der Waals surface area contributed by atoms with E-state index in [0.29, 0.717) is 12.5 Å². The van der Waals surface area contributed by atoms with Crippen LogP contribution in [0, 0.1) is 5.92 Å². The molecule has 0 aromatic heterocycles. The third-order valence-electron chi connectivity index (χ3n) is 2.39. The van der Waals surface area contributed by atoms with E-state index in [9.17, 15) is 9.59 Å². The summed E-state index contributed by atoms with van der Waals surface area (Å²) >= 11 is 0. The van der Waals surface area contributed by atoms with E-state index in [4.69, 9.17) is 5.11 Å². The predicted octanol–water partition coefficient (Wildman–Crippen LogP) is 0.492. The molecule has 0 radical (unpaired) electrons. The maximum atomic E-state index is 11.0. The average molecular weight is 216 g/mol. The fraction of sp³-hybridized carbons (Fsp3) is 0.778. The van der Waals surface area contributed by atoms with Crippen LogP contribution in [0.4, 0.5) is 4.79 Å². The van der Waals surface area contributed by atoms with E-state index in [2.05, 4.69) is 10.2 Å². The highest BCUT2D eigenvalue weighted by Crippen LogP contribution is 2.23. The normalized spacial score (nSPS) is 16.3. The van der Waals surface area contributed by atoms with Gasteiger partial charge in [0, 0.05) is 6.54 Å². The summed E-state index contributed by atoms with van der Waals surface area (Å²) in [5.74, 6) is -0.568. The van der Waals surface area contributed by atoms with Gasteiger partial charge < -0.3 is 10.4 Å². The summed E-state index contributed by atoms with van der Waals surface area (Å²) in [7, 11) is 0. The first-order chi connectivity index (χ1) is 7.18. The first-order valence-corrected chi connectivity index (χ1v) is 5.06. The summed E-state index contributed by atoms with van der Waals surface area (Å²) in [5.41, 5.74) is 2.01. The third kappa shape index (κ3) is 5.21. The van der Waals surface area contributed by atoms with Crippen molar-refractivity contribution in [1.82, 2.24) is 10.8 Å². The Morgan fingerprint density at radius 1 is 1.33 bits per heavy atom. The second-order valence-corrected chi connectivity index (χ2v) is 3.64. The number of carbonyl (C=O) groups is 2. The second-order valence-electron chi connectivity index (χ2n) is 3.64. The van der Waals surface area contributed by atoms with E-state index >= 15 is 0 Å². The highest BCUT2D eigenvalue weighted by atomic mass is 16.7. The molecule has 6 heteroatoms. The second kappa shape index (κ2) is 6.23. The van der Waals surface area contributed by atoms with Gasteiger partial charge >= 0.3 is 12.0 Å². The van der Waals surface area contributed by atoms with E-state index in [-0.39, 0.29) is 0 Å². The summed E-state index contributed by atoms with van der Waals surface area (Å²) < 4.78 is 0. The van der Waals surface area contributed by atoms with Crippen LogP contribution in [0.1, 0.15) is 25.7 Å². The van der Waals surface area contributed by atoms with E-state index in [0.717, 1.165) is 12.8 Å². The molecule has 0 spiro atoms. The van der Waals surface area contributed by atoms with Crippen LogP contribution in [-0.4, -0.2) is 30.3 Å². The largest absolute Gasteiger partial charge is 0.479 e. The minimum atomic E-state index is -1.12. The Bertz CT molecular complexity index is 226. The highest BCUT2D eigenvalue weighted by molar-refractivity contribution is 5.73. The first-order valence-electron chi connectivity index (χ1n) is 5.06. The number of carboxylic acids is 1. The lowest BCUT2D eigenvalue weighted by Crippen LogP contribution is -2.38. The first kappa shape index (κ1) is 11.8. The van der Waals surface area contributed by atoms with E-state index in [1.807, 2.05) is 5.48 Å². The number of amides is 2. The molecule has 0 aromatic carbocycles. The van der Waals surface area contributed by atoms with Gasteiger partial charge in [-0.05, 0) is 18.8 Å². The summed E-state index contributed by atoms with van der Waals surface area (Å²) in [4.78, 5) is 25.5. The van der Waals surface area contributed by atoms with Crippen LogP contribution in [0.3, 0.4) is 0 Å². The molecule has 1 saturated carbocycles. The third-order valence-corrected chi connectivity index (χ3v) is 2.39. The topological polar surface area (TPSA) is 87.7 Å². The van der Waals surface area contributed by atoms with Crippen LogP contribution in [0.15, 0.2) is 0 Å². The average Bonchev–Trinajstić information content (AvgIpc) is 2.66. The van der Waals surface area contributed by atoms with Gasteiger partial charge in [-0.2, -0.15) is 0 Å². The molecular formula is C9H16N2O4. The minimum Gasteiger partial charge on any atom is -0.479 e. The molecule has 1 aliphatic carbocycles. The number of carbonyl (C=O) groups excluding carboxylic acids is 1. The Hall–Kier alpha value is -1.30. The van der Waals surface area contributed by atoms with Gasteiger partial charge in [-0.3, -0.25) is 4.84 Å². The molecule has 1 fully saturated rings. The number of rotatable bonds is 5. The maximum absolute atomic E-state index is 11.0. The van der Waals surface area contributed by atoms with E-state index in [1.165, 1.54) is 12.8 Å². The zero-order valence-corrected chi connectivity index (χ0v) is 8.49. The lowest BCUT2D eigenvalue weighted by atomic mass is 10.1. The van der Waals surface area contributed by atoms with Gasteiger partial charge in [0.15, 0.2) is 6.61 Å². The molecule has 0 bridgehead atoms. The highest BCUT2D eigenvalue weighted by Gasteiger charge is 2.15. The smallest absolute Gasteiger partial charge is 0.338 e. The number of urea groups is 1. The van der Waals surface area contributed by atoms with Gasteiger partial charge in [-0.1, -0.05) is 12.8 Å². The van der Waals surface area contributed by atoms with Crippen molar-refractivity contribution in [2.45, 2.75) is 25.7 Å². The molecule has 2 amide bonds. The van der Waals surface area contributed by atoms with Crippen molar-refractivity contribution in [3.05, 3.63) is 0 Å². The molecule has 86 valence electrons. The van der Waals surface area contributed by atoms with Crippen LogP contribution < -0.4 is 10.8 Å². The van der Waals surface area contributed by atoms with Crippen molar-refractivity contribution in [2.24, 2.45) is 5.92 Å². The number of aliphatic carboxylic acids is 1. The quantitative estimate of drug-likeness (QED) is 0.584. The lowest BCUT2D eigenvalue weighted by molar-refractivity contribution is -0.144. The zero-order valence-electron chi connectivity index (χ0n) is 8.49. The van der Waals surface area contributed by atoms with E-state index < -0.39 is 18.6 Å². The number of hydrogen-bond donors (Lipinski definition) is 3. The number of hydroxylamine groups is 1. The van der Waals surface area contributed by atoms with Crippen molar-refractivity contribution in [3.8, 4) is 0 Å². The molecule has 15 heavy (non-hydrogen) atoms. The van der Waals surface area contributed by atoms with Crippen molar-refractivity contribution in [2.75, 3.05) is 13.2 Å². The molecular weight excluding hydrogens is 200 g/mol. The van der Waals surface area contributed by atoms with Crippen molar-refractivity contribution >= 4 is 12.0 Å². The molecule has 0 unspecified atom stereocenters.